The van der Waals surface area contributed by atoms with Crippen LogP contribution in [0.3, 0.4) is 0 Å². The second kappa shape index (κ2) is 8.01. The van der Waals surface area contributed by atoms with Crippen molar-refractivity contribution in [1.29, 1.82) is 0 Å². The van der Waals surface area contributed by atoms with Crippen LogP contribution < -0.4 is 14.9 Å². The zero-order valence-corrected chi connectivity index (χ0v) is 15.6. The van der Waals surface area contributed by atoms with Crippen LogP contribution in [0, 0.1) is 13.8 Å². The van der Waals surface area contributed by atoms with Gasteiger partial charge < -0.3 is 13.9 Å². The Kier molecular flexibility index (Phi) is 6.03. The van der Waals surface area contributed by atoms with Gasteiger partial charge in [0, 0.05) is 0 Å². The fourth-order valence-corrected chi connectivity index (χ4v) is 2.83. The zero-order chi connectivity index (χ0) is 17.7. The van der Waals surface area contributed by atoms with Crippen LogP contribution in [0.1, 0.15) is 34.4 Å². The summed E-state index contributed by atoms with van der Waals surface area (Å²) in [5.41, 5.74) is 3.71. The molecule has 0 fully saturated rings. The van der Waals surface area contributed by atoms with Gasteiger partial charge in [-0.25, -0.2) is 5.43 Å². The Morgan fingerprint density at radius 2 is 2.12 bits per heavy atom. The summed E-state index contributed by atoms with van der Waals surface area (Å²) in [7, 11) is 1.58. The molecule has 0 aliphatic rings. The predicted octanol–water partition coefficient (Wildman–Crippen LogP) is 3.83. The molecule has 0 aliphatic carbocycles. The fourth-order valence-electron chi connectivity index (χ4n) is 2.21. The second-order valence-electron chi connectivity index (χ2n) is 4.99. The molecule has 0 saturated heterocycles. The molecule has 1 aromatic heterocycles. The van der Waals surface area contributed by atoms with Crippen molar-refractivity contribution in [3.05, 3.63) is 45.3 Å². The van der Waals surface area contributed by atoms with Crippen LogP contribution in [0.4, 0.5) is 0 Å². The predicted molar refractivity (Wildman–Crippen MR) is 95.1 cm³/mol. The summed E-state index contributed by atoms with van der Waals surface area (Å²) in [5.74, 6) is 2.14. The minimum Gasteiger partial charge on any atom is -0.492 e. The van der Waals surface area contributed by atoms with Gasteiger partial charge in [-0.2, -0.15) is 5.10 Å². The molecule has 0 aliphatic heterocycles. The number of aryl methyl sites for hydroxylation is 2. The molecule has 0 atom stereocenters. The van der Waals surface area contributed by atoms with Crippen LogP contribution in [0.5, 0.6) is 11.5 Å². The number of rotatable bonds is 6. The standard InChI is InChI=1S/C17H19BrN2O4/c1-5-23-15-8-12(7-14(18)16(15)22-4)9-19-20-17(21)13-6-10(2)24-11(13)3/h6-9H,5H2,1-4H3,(H,20,21)/b19-9-. The summed E-state index contributed by atoms with van der Waals surface area (Å²) >= 11 is 3.43. The molecule has 1 N–H and O–H groups in total. The molecule has 128 valence electrons. The van der Waals surface area contributed by atoms with Crippen molar-refractivity contribution in [2.75, 3.05) is 13.7 Å². The fraction of sp³-hybridized carbons (Fsp3) is 0.294. The number of amides is 1. The lowest BCUT2D eigenvalue weighted by Gasteiger charge is -2.11. The molecular formula is C17H19BrN2O4. The monoisotopic (exact) mass is 394 g/mol. The summed E-state index contributed by atoms with van der Waals surface area (Å²) in [6, 6.07) is 5.29. The lowest BCUT2D eigenvalue weighted by Crippen LogP contribution is -2.17. The number of hydrogen-bond donors (Lipinski definition) is 1. The third-order valence-electron chi connectivity index (χ3n) is 3.20. The van der Waals surface area contributed by atoms with E-state index in [1.165, 1.54) is 6.21 Å². The molecule has 0 saturated carbocycles. The van der Waals surface area contributed by atoms with Crippen molar-refractivity contribution in [3.63, 3.8) is 0 Å². The van der Waals surface area contributed by atoms with E-state index in [2.05, 4.69) is 26.5 Å². The third-order valence-corrected chi connectivity index (χ3v) is 3.79. The molecule has 0 bridgehead atoms. The molecule has 6 nitrogen and oxygen atoms in total. The third kappa shape index (κ3) is 4.17. The highest BCUT2D eigenvalue weighted by Crippen LogP contribution is 2.36. The van der Waals surface area contributed by atoms with Crippen LogP contribution in [0.25, 0.3) is 0 Å². The van der Waals surface area contributed by atoms with Crippen LogP contribution in [-0.4, -0.2) is 25.8 Å². The number of carbonyl (C=O) groups excluding carboxylic acids is 1. The topological polar surface area (TPSA) is 73.1 Å². The zero-order valence-electron chi connectivity index (χ0n) is 14.0. The van der Waals surface area contributed by atoms with E-state index in [-0.39, 0.29) is 5.91 Å². The molecule has 7 heteroatoms. The number of furan rings is 1. The van der Waals surface area contributed by atoms with Crippen molar-refractivity contribution in [1.82, 2.24) is 5.43 Å². The largest absolute Gasteiger partial charge is 0.492 e. The van der Waals surface area contributed by atoms with Gasteiger partial charge in [-0.05, 0) is 60.5 Å². The van der Waals surface area contributed by atoms with Gasteiger partial charge >= 0.3 is 0 Å². The normalized spacial score (nSPS) is 10.9. The Morgan fingerprint density at radius 1 is 1.38 bits per heavy atom. The number of nitrogens with one attached hydrogen (secondary N) is 1. The summed E-state index contributed by atoms with van der Waals surface area (Å²) in [6.07, 6.45) is 1.53. The number of carbonyl (C=O) groups is 1. The molecule has 1 amide bonds. The Balaban J connectivity index is 2.14. The van der Waals surface area contributed by atoms with E-state index >= 15 is 0 Å². The van der Waals surface area contributed by atoms with Gasteiger partial charge in [-0.3, -0.25) is 4.79 Å². The van der Waals surface area contributed by atoms with Gasteiger partial charge in [-0.1, -0.05) is 0 Å². The Morgan fingerprint density at radius 3 is 2.71 bits per heavy atom. The number of hydrazone groups is 1. The van der Waals surface area contributed by atoms with E-state index in [1.807, 2.05) is 13.0 Å². The lowest BCUT2D eigenvalue weighted by atomic mass is 10.2. The molecule has 24 heavy (non-hydrogen) atoms. The minimum atomic E-state index is -0.321. The van der Waals surface area contributed by atoms with E-state index in [0.717, 1.165) is 10.0 Å². The van der Waals surface area contributed by atoms with Crippen molar-refractivity contribution < 1.29 is 18.7 Å². The van der Waals surface area contributed by atoms with Gasteiger partial charge in [0.05, 0.1) is 30.0 Å². The molecular weight excluding hydrogens is 376 g/mol. The first-order chi connectivity index (χ1) is 11.5. The molecule has 1 aromatic carbocycles. The van der Waals surface area contributed by atoms with E-state index in [9.17, 15) is 4.79 Å². The maximum atomic E-state index is 12.1. The van der Waals surface area contributed by atoms with Crippen LogP contribution in [0.15, 0.2) is 32.2 Å². The maximum absolute atomic E-state index is 12.1. The molecule has 2 rings (SSSR count). The van der Waals surface area contributed by atoms with Crippen molar-refractivity contribution in [2.24, 2.45) is 5.10 Å². The highest BCUT2D eigenvalue weighted by molar-refractivity contribution is 9.10. The highest BCUT2D eigenvalue weighted by atomic mass is 79.9. The van der Waals surface area contributed by atoms with E-state index in [0.29, 0.717) is 35.2 Å². The molecule has 0 unspecified atom stereocenters. The van der Waals surface area contributed by atoms with Gasteiger partial charge in [-0.15, -0.1) is 0 Å². The summed E-state index contributed by atoms with van der Waals surface area (Å²) in [6.45, 7) is 5.93. The molecule has 2 aromatic rings. The van der Waals surface area contributed by atoms with E-state index in [4.69, 9.17) is 13.9 Å². The lowest BCUT2D eigenvalue weighted by molar-refractivity contribution is 0.0953. The summed E-state index contributed by atoms with van der Waals surface area (Å²) in [4.78, 5) is 12.1. The highest BCUT2D eigenvalue weighted by Gasteiger charge is 2.13. The van der Waals surface area contributed by atoms with Crippen molar-refractivity contribution in [2.45, 2.75) is 20.8 Å². The average Bonchev–Trinajstić information content (AvgIpc) is 2.86. The van der Waals surface area contributed by atoms with E-state index in [1.54, 1.807) is 33.1 Å². The number of ether oxygens (including phenoxy) is 2. The van der Waals surface area contributed by atoms with Crippen LogP contribution >= 0.6 is 15.9 Å². The van der Waals surface area contributed by atoms with E-state index < -0.39 is 0 Å². The number of benzene rings is 1. The average molecular weight is 395 g/mol. The number of methoxy groups -OCH3 is 1. The van der Waals surface area contributed by atoms with Gasteiger partial charge in [0.15, 0.2) is 11.5 Å². The summed E-state index contributed by atoms with van der Waals surface area (Å²) in [5, 5.41) is 3.98. The molecule has 0 radical (unpaired) electrons. The first-order valence-corrected chi connectivity index (χ1v) is 8.16. The summed E-state index contributed by atoms with van der Waals surface area (Å²) < 4.78 is 16.9. The molecule has 0 spiro atoms. The number of nitrogens with zero attached hydrogens (tertiary/aromatic N) is 1. The van der Waals surface area contributed by atoms with Crippen LogP contribution in [-0.2, 0) is 0 Å². The first kappa shape index (κ1) is 18.1. The second-order valence-corrected chi connectivity index (χ2v) is 5.85. The maximum Gasteiger partial charge on any atom is 0.274 e. The van der Waals surface area contributed by atoms with Gasteiger partial charge in [0.1, 0.15) is 11.5 Å². The quantitative estimate of drug-likeness (QED) is 0.596. The van der Waals surface area contributed by atoms with Gasteiger partial charge in [0.2, 0.25) is 0 Å². The SMILES string of the molecule is CCOc1cc(/C=N\NC(=O)c2cc(C)oc2C)cc(Br)c1OC. The Bertz CT molecular complexity index is 768. The van der Waals surface area contributed by atoms with Crippen molar-refractivity contribution in [3.8, 4) is 11.5 Å². The van der Waals surface area contributed by atoms with Gasteiger partial charge in [0.25, 0.3) is 5.91 Å². The first-order valence-electron chi connectivity index (χ1n) is 7.37. The number of hydrogen-bond acceptors (Lipinski definition) is 5. The smallest absolute Gasteiger partial charge is 0.274 e. The van der Waals surface area contributed by atoms with Crippen LogP contribution in [0.2, 0.25) is 0 Å². The minimum absolute atomic E-state index is 0.321. The Labute approximate surface area is 149 Å². The Hall–Kier alpha value is -2.28. The van der Waals surface area contributed by atoms with Crippen molar-refractivity contribution >= 4 is 28.1 Å². The number of halogens is 1. The molecule has 1 heterocycles.